The molecule has 0 aromatic rings. The van der Waals surface area contributed by atoms with E-state index in [0.29, 0.717) is 12.5 Å². The maximum Gasteiger partial charge on any atom is 0.424 e. The smallest absolute Gasteiger partial charge is 0.297 e. The van der Waals surface area contributed by atoms with Gasteiger partial charge in [-0.2, -0.15) is 0 Å². The van der Waals surface area contributed by atoms with Gasteiger partial charge in [0.1, 0.15) is 0 Å². The van der Waals surface area contributed by atoms with E-state index in [4.69, 9.17) is 20.3 Å². The SMILES string of the molecule is O=[P@]1(Cl)OC[C@H]2CCC[C@@H]2O1. The van der Waals surface area contributed by atoms with Gasteiger partial charge in [0.25, 0.3) is 0 Å². The number of rotatable bonds is 0. The number of hydrogen-bond acceptors (Lipinski definition) is 3. The molecule has 0 bridgehead atoms. The molecule has 0 N–H and O–H groups in total. The van der Waals surface area contributed by atoms with Crippen LogP contribution in [-0.2, 0) is 13.6 Å². The Balaban J connectivity index is 2.08. The average Bonchev–Trinajstić information content (AvgIpc) is 2.31. The highest BCUT2D eigenvalue weighted by molar-refractivity contribution is 7.81. The molecule has 0 unspecified atom stereocenters. The second-order valence-corrected chi connectivity index (χ2v) is 5.63. The lowest BCUT2D eigenvalue weighted by atomic mass is 10.1. The summed E-state index contributed by atoms with van der Waals surface area (Å²) in [4.78, 5) is 0. The zero-order valence-electron chi connectivity index (χ0n) is 6.03. The normalized spacial score (nSPS) is 50.6. The molecule has 5 heteroatoms. The first-order valence-electron chi connectivity index (χ1n) is 3.80. The average molecular weight is 197 g/mol. The predicted molar refractivity (Wildman–Crippen MR) is 41.6 cm³/mol. The van der Waals surface area contributed by atoms with E-state index in [9.17, 15) is 4.57 Å². The Morgan fingerprint density at radius 2 is 2.27 bits per heavy atom. The molecule has 2 rings (SSSR count). The van der Waals surface area contributed by atoms with Crippen LogP contribution >= 0.6 is 18.2 Å². The van der Waals surface area contributed by atoms with Gasteiger partial charge in [0.05, 0.1) is 12.7 Å². The molecule has 1 saturated carbocycles. The molecule has 0 aromatic carbocycles. The highest BCUT2D eigenvalue weighted by Gasteiger charge is 2.40. The zero-order chi connectivity index (χ0) is 7.90. The first-order valence-corrected chi connectivity index (χ1v) is 6.25. The lowest BCUT2D eigenvalue weighted by Gasteiger charge is -2.28. The number of hydrogen-bond donors (Lipinski definition) is 0. The van der Waals surface area contributed by atoms with E-state index < -0.39 is 6.95 Å². The summed E-state index contributed by atoms with van der Waals surface area (Å²) in [5.74, 6) is 0.427. The minimum atomic E-state index is -3.18. The first-order chi connectivity index (χ1) is 5.17. The Hall–Kier alpha value is 0.440. The third-order valence-electron chi connectivity index (χ3n) is 2.29. The van der Waals surface area contributed by atoms with Gasteiger partial charge >= 0.3 is 6.95 Å². The summed E-state index contributed by atoms with van der Waals surface area (Å²) < 4.78 is 21.1. The van der Waals surface area contributed by atoms with Gasteiger partial charge in [-0.05, 0) is 12.8 Å². The third kappa shape index (κ3) is 1.62. The zero-order valence-corrected chi connectivity index (χ0v) is 7.68. The van der Waals surface area contributed by atoms with Gasteiger partial charge in [0.2, 0.25) is 0 Å². The van der Waals surface area contributed by atoms with Crippen LogP contribution < -0.4 is 0 Å². The standard InChI is InChI=1S/C6H10ClO3P/c7-11(8)9-4-5-2-1-3-6(5)10-11/h5-6H,1-4H2/t5-,6+,11-/m1/s1. The quantitative estimate of drug-likeness (QED) is 0.559. The van der Waals surface area contributed by atoms with Crippen LogP contribution in [0.25, 0.3) is 0 Å². The van der Waals surface area contributed by atoms with Crippen LogP contribution in [0.15, 0.2) is 0 Å². The highest BCUT2D eigenvalue weighted by Crippen LogP contribution is 2.60. The molecular weight excluding hydrogens is 186 g/mol. The van der Waals surface area contributed by atoms with E-state index in [0.717, 1.165) is 19.3 Å². The Labute approximate surface area is 70.3 Å². The van der Waals surface area contributed by atoms with Crippen molar-refractivity contribution in [3.8, 4) is 0 Å². The molecule has 2 aliphatic rings. The van der Waals surface area contributed by atoms with Gasteiger partial charge in [0, 0.05) is 17.2 Å². The molecule has 1 aliphatic carbocycles. The van der Waals surface area contributed by atoms with E-state index in [-0.39, 0.29) is 6.10 Å². The Kier molecular flexibility index (Phi) is 2.00. The molecule has 1 aliphatic heterocycles. The van der Waals surface area contributed by atoms with Crippen molar-refractivity contribution in [2.75, 3.05) is 6.61 Å². The first kappa shape index (κ1) is 8.06. The Morgan fingerprint density at radius 1 is 1.45 bits per heavy atom. The van der Waals surface area contributed by atoms with Crippen molar-refractivity contribution < 1.29 is 13.6 Å². The molecule has 11 heavy (non-hydrogen) atoms. The molecule has 3 atom stereocenters. The number of fused-ring (bicyclic) bond motifs is 1. The van der Waals surface area contributed by atoms with Gasteiger partial charge < -0.3 is 0 Å². The van der Waals surface area contributed by atoms with Crippen LogP contribution in [0.2, 0.25) is 0 Å². The monoisotopic (exact) mass is 196 g/mol. The lowest BCUT2D eigenvalue weighted by Crippen LogP contribution is -2.25. The lowest BCUT2D eigenvalue weighted by molar-refractivity contribution is 0.0536. The van der Waals surface area contributed by atoms with E-state index in [1.165, 1.54) is 0 Å². The van der Waals surface area contributed by atoms with Gasteiger partial charge in [-0.3, -0.25) is 9.05 Å². The molecule has 3 nitrogen and oxygen atoms in total. The summed E-state index contributed by atoms with van der Waals surface area (Å²) in [6.07, 6.45) is 3.31. The van der Waals surface area contributed by atoms with Crippen LogP contribution in [0.4, 0.5) is 0 Å². The van der Waals surface area contributed by atoms with E-state index >= 15 is 0 Å². The van der Waals surface area contributed by atoms with Crippen LogP contribution in [0.3, 0.4) is 0 Å². The Bertz CT molecular complexity index is 208. The molecule has 1 heterocycles. The third-order valence-corrected chi connectivity index (χ3v) is 3.81. The van der Waals surface area contributed by atoms with Crippen LogP contribution in [-0.4, -0.2) is 12.7 Å². The summed E-state index contributed by atoms with van der Waals surface area (Å²) in [5.41, 5.74) is 0. The summed E-state index contributed by atoms with van der Waals surface area (Å²) in [7, 11) is 0. The summed E-state index contributed by atoms with van der Waals surface area (Å²) in [5, 5.41) is 0. The number of halogens is 1. The fourth-order valence-corrected chi connectivity index (χ4v) is 3.22. The molecule has 2 fully saturated rings. The van der Waals surface area contributed by atoms with Gasteiger partial charge in [-0.25, -0.2) is 4.57 Å². The minimum absolute atomic E-state index is 0.0899. The van der Waals surface area contributed by atoms with E-state index in [2.05, 4.69) is 0 Å². The van der Waals surface area contributed by atoms with Crippen molar-refractivity contribution in [1.29, 1.82) is 0 Å². The van der Waals surface area contributed by atoms with Gasteiger partial charge in [0.15, 0.2) is 0 Å². The molecule has 64 valence electrons. The fourth-order valence-electron chi connectivity index (χ4n) is 1.71. The topological polar surface area (TPSA) is 35.5 Å². The van der Waals surface area contributed by atoms with E-state index in [1.54, 1.807) is 0 Å². The van der Waals surface area contributed by atoms with Crippen molar-refractivity contribution >= 4 is 18.2 Å². The summed E-state index contributed by atoms with van der Waals surface area (Å²) in [6, 6.07) is 0. The second kappa shape index (κ2) is 2.74. The predicted octanol–water partition coefficient (Wildman–Crippen LogP) is 2.55. The largest absolute Gasteiger partial charge is 0.424 e. The molecule has 1 saturated heterocycles. The highest BCUT2D eigenvalue weighted by atomic mass is 35.7. The maximum atomic E-state index is 11.1. The van der Waals surface area contributed by atoms with Crippen molar-refractivity contribution in [1.82, 2.24) is 0 Å². The molecule has 0 spiro atoms. The second-order valence-electron chi connectivity index (χ2n) is 3.06. The van der Waals surface area contributed by atoms with E-state index in [1.807, 2.05) is 0 Å². The van der Waals surface area contributed by atoms with Crippen molar-refractivity contribution in [3.05, 3.63) is 0 Å². The fraction of sp³-hybridized carbons (Fsp3) is 1.00. The van der Waals surface area contributed by atoms with Crippen LogP contribution in [0.1, 0.15) is 19.3 Å². The van der Waals surface area contributed by atoms with Crippen molar-refractivity contribution in [2.45, 2.75) is 25.4 Å². The summed E-state index contributed by atoms with van der Waals surface area (Å²) >= 11 is 5.45. The minimum Gasteiger partial charge on any atom is -0.297 e. The van der Waals surface area contributed by atoms with Crippen LogP contribution in [0.5, 0.6) is 0 Å². The Morgan fingerprint density at radius 3 is 3.09 bits per heavy atom. The molecule has 0 amide bonds. The van der Waals surface area contributed by atoms with Crippen LogP contribution in [0, 0.1) is 5.92 Å². The van der Waals surface area contributed by atoms with Crippen molar-refractivity contribution in [2.24, 2.45) is 5.92 Å². The molecular formula is C6H10ClO3P. The van der Waals surface area contributed by atoms with Gasteiger partial charge in [-0.1, -0.05) is 6.42 Å². The maximum absolute atomic E-state index is 11.1. The molecule has 0 aromatic heterocycles. The van der Waals surface area contributed by atoms with Gasteiger partial charge in [-0.15, -0.1) is 0 Å². The molecule has 0 radical (unpaired) electrons. The van der Waals surface area contributed by atoms with Crippen molar-refractivity contribution in [3.63, 3.8) is 0 Å². The summed E-state index contributed by atoms with van der Waals surface area (Å²) in [6.45, 7) is -2.68.